The molecule has 1 aromatic carbocycles. The van der Waals surface area contributed by atoms with Crippen LogP contribution in [0.15, 0.2) is 24.3 Å². The molecule has 2 N–H and O–H groups in total. The zero-order valence-corrected chi connectivity index (χ0v) is 11.6. The summed E-state index contributed by atoms with van der Waals surface area (Å²) in [4.78, 5) is 21.3. The van der Waals surface area contributed by atoms with Crippen LogP contribution in [-0.4, -0.2) is 53.1 Å². The zero-order valence-electron chi connectivity index (χ0n) is 11.6. The Morgan fingerprint density at radius 3 is 2.75 bits per heavy atom. The molecule has 20 heavy (non-hydrogen) atoms. The molecule has 0 radical (unpaired) electrons. The van der Waals surface area contributed by atoms with E-state index < -0.39 is 5.97 Å². The smallest absolute Gasteiger partial charge is 0.374 e. The number of benzene rings is 1. The van der Waals surface area contributed by atoms with Crippen LogP contribution in [0.4, 0.5) is 5.82 Å². The summed E-state index contributed by atoms with van der Waals surface area (Å²) in [5.74, 6) is -0.724. The summed E-state index contributed by atoms with van der Waals surface area (Å²) in [5, 5.41) is 13.1. The van der Waals surface area contributed by atoms with Gasteiger partial charge in [-0.25, -0.2) is 14.8 Å². The van der Waals surface area contributed by atoms with Crippen molar-refractivity contribution in [2.24, 2.45) is 0 Å². The van der Waals surface area contributed by atoms with E-state index in [4.69, 9.17) is 5.11 Å². The molecule has 2 aromatic rings. The predicted octanol–water partition coefficient (Wildman–Crippen LogP) is 1.69. The molecular weight excluding hydrogens is 256 g/mol. The second kappa shape index (κ2) is 6.29. The van der Waals surface area contributed by atoms with Gasteiger partial charge in [0.2, 0.25) is 5.82 Å². The van der Waals surface area contributed by atoms with Crippen molar-refractivity contribution in [1.82, 2.24) is 14.9 Å². The average Bonchev–Trinajstić information content (AvgIpc) is 2.42. The van der Waals surface area contributed by atoms with Crippen molar-refractivity contribution in [3.05, 3.63) is 30.1 Å². The maximum atomic E-state index is 11.1. The van der Waals surface area contributed by atoms with Gasteiger partial charge in [-0.2, -0.15) is 0 Å². The summed E-state index contributed by atoms with van der Waals surface area (Å²) in [5.41, 5.74) is 0.634. The predicted molar refractivity (Wildman–Crippen MR) is 78.2 cm³/mol. The van der Waals surface area contributed by atoms with Gasteiger partial charge >= 0.3 is 5.97 Å². The molecule has 0 aliphatic rings. The molecule has 0 spiro atoms. The molecule has 0 atom stereocenters. The molecule has 0 aliphatic heterocycles. The van der Waals surface area contributed by atoms with E-state index in [2.05, 4.69) is 20.2 Å². The normalized spacial score (nSPS) is 10.9. The number of nitrogens with one attached hydrogen (secondary N) is 1. The number of hydrogen-bond donors (Lipinski definition) is 2. The number of para-hydroxylation sites is 1. The van der Waals surface area contributed by atoms with Crippen LogP contribution in [0, 0.1) is 0 Å². The third-order valence-electron chi connectivity index (χ3n) is 2.87. The molecule has 106 valence electrons. The van der Waals surface area contributed by atoms with Crippen molar-refractivity contribution in [1.29, 1.82) is 0 Å². The van der Waals surface area contributed by atoms with Gasteiger partial charge in [0.1, 0.15) is 5.82 Å². The van der Waals surface area contributed by atoms with Crippen molar-refractivity contribution in [2.45, 2.75) is 6.42 Å². The van der Waals surface area contributed by atoms with Crippen LogP contribution in [0.3, 0.4) is 0 Å². The van der Waals surface area contributed by atoms with Crippen molar-refractivity contribution in [3.63, 3.8) is 0 Å². The topological polar surface area (TPSA) is 78.4 Å². The lowest BCUT2D eigenvalue weighted by Crippen LogP contribution is -2.17. The molecule has 0 unspecified atom stereocenters. The van der Waals surface area contributed by atoms with Crippen LogP contribution in [-0.2, 0) is 0 Å². The maximum Gasteiger partial charge on any atom is 0.374 e. The third kappa shape index (κ3) is 3.42. The molecule has 0 amide bonds. The Bertz CT molecular complexity index is 613. The molecular formula is C14H18N4O2. The number of aromatic carboxylic acids is 1. The minimum Gasteiger partial charge on any atom is -0.475 e. The third-order valence-corrected chi connectivity index (χ3v) is 2.87. The van der Waals surface area contributed by atoms with E-state index in [9.17, 15) is 4.79 Å². The summed E-state index contributed by atoms with van der Waals surface area (Å²) in [6.45, 7) is 1.69. The van der Waals surface area contributed by atoms with Crippen molar-refractivity contribution in [2.75, 3.05) is 32.5 Å². The first-order chi connectivity index (χ1) is 9.58. The lowest BCUT2D eigenvalue weighted by Gasteiger charge is -2.12. The zero-order chi connectivity index (χ0) is 14.5. The van der Waals surface area contributed by atoms with E-state index in [1.807, 2.05) is 32.3 Å². The second-order valence-electron chi connectivity index (χ2n) is 4.80. The molecule has 0 saturated carbocycles. The Kier molecular flexibility index (Phi) is 4.47. The van der Waals surface area contributed by atoms with Crippen LogP contribution in [0.1, 0.15) is 17.0 Å². The fourth-order valence-corrected chi connectivity index (χ4v) is 1.91. The van der Waals surface area contributed by atoms with Crippen LogP contribution in [0.2, 0.25) is 0 Å². The van der Waals surface area contributed by atoms with E-state index in [-0.39, 0.29) is 5.82 Å². The highest BCUT2D eigenvalue weighted by atomic mass is 16.4. The van der Waals surface area contributed by atoms with Gasteiger partial charge < -0.3 is 15.3 Å². The highest BCUT2D eigenvalue weighted by Gasteiger charge is 2.12. The lowest BCUT2D eigenvalue weighted by atomic mass is 10.2. The first-order valence-corrected chi connectivity index (χ1v) is 6.46. The van der Waals surface area contributed by atoms with E-state index in [1.165, 1.54) is 0 Å². The maximum absolute atomic E-state index is 11.1. The van der Waals surface area contributed by atoms with Gasteiger partial charge in [-0.3, -0.25) is 0 Å². The number of carboxylic acids is 1. The van der Waals surface area contributed by atoms with Crippen molar-refractivity contribution in [3.8, 4) is 0 Å². The summed E-state index contributed by atoms with van der Waals surface area (Å²) in [6, 6.07) is 7.39. The molecule has 6 heteroatoms. The van der Waals surface area contributed by atoms with Gasteiger partial charge in [0.25, 0.3) is 0 Å². The Morgan fingerprint density at radius 2 is 2.05 bits per heavy atom. The monoisotopic (exact) mass is 274 g/mol. The molecule has 1 aromatic heterocycles. The Hall–Kier alpha value is -2.21. The highest BCUT2D eigenvalue weighted by Crippen LogP contribution is 2.19. The van der Waals surface area contributed by atoms with E-state index >= 15 is 0 Å². The van der Waals surface area contributed by atoms with Crippen molar-refractivity contribution < 1.29 is 9.90 Å². The second-order valence-corrected chi connectivity index (χ2v) is 4.80. The number of hydrogen-bond acceptors (Lipinski definition) is 5. The molecule has 6 nitrogen and oxygen atoms in total. The molecule has 0 bridgehead atoms. The quantitative estimate of drug-likeness (QED) is 0.780. The Labute approximate surface area is 117 Å². The minimum atomic E-state index is -1.12. The highest BCUT2D eigenvalue weighted by molar-refractivity contribution is 5.93. The first kappa shape index (κ1) is 14.2. The van der Waals surface area contributed by atoms with Gasteiger partial charge in [-0.1, -0.05) is 12.1 Å². The Morgan fingerprint density at radius 1 is 1.30 bits per heavy atom. The molecule has 0 saturated heterocycles. The summed E-state index contributed by atoms with van der Waals surface area (Å²) >= 11 is 0. The number of nitrogens with zero attached hydrogens (tertiary/aromatic N) is 3. The van der Waals surface area contributed by atoms with Crippen LogP contribution < -0.4 is 5.32 Å². The number of rotatable bonds is 6. The van der Waals surface area contributed by atoms with Gasteiger partial charge in [-0.05, 0) is 39.2 Å². The SMILES string of the molecule is CN(C)CCCNc1nc(C(=O)O)nc2ccccc12. The summed E-state index contributed by atoms with van der Waals surface area (Å²) in [7, 11) is 4.03. The van der Waals surface area contributed by atoms with E-state index in [0.29, 0.717) is 11.3 Å². The van der Waals surface area contributed by atoms with E-state index in [0.717, 1.165) is 24.9 Å². The van der Waals surface area contributed by atoms with E-state index in [1.54, 1.807) is 6.07 Å². The van der Waals surface area contributed by atoms with Crippen molar-refractivity contribution >= 4 is 22.7 Å². The Balaban J connectivity index is 2.23. The van der Waals surface area contributed by atoms with Gasteiger partial charge in [0, 0.05) is 11.9 Å². The largest absolute Gasteiger partial charge is 0.475 e. The van der Waals surface area contributed by atoms with Gasteiger partial charge in [0.05, 0.1) is 5.52 Å². The number of fused-ring (bicyclic) bond motifs is 1. The number of anilines is 1. The van der Waals surface area contributed by atoms with Gasteiger partial charge in [0.15, 0.2) is 0 Å². The molecule has 0 aliphatic carbocycles. The van der Waals surface area contributed by atoms with Gasteiger partial charge in [-0.15, -0.1) is 0 Å². The summed E-state index contributed by atoms with van der Waals surface area (Å²) in [6.07, 6.45) is 0.952. The molecule has 2 rings (SSSR count). The first-order valence-electron chi connectivity index (χ1n) is 6.46. The lowest BCUT2D eigenvalue weighted by molar-refractivity contribution is 0.0684. The fraction of sp³-hybridized carbons (Fsp3) is 0.357. The fourth-order valence-electron chi connectivity index (χ4n) is 1.91. The van der Waals surface area contributed by atoms with Crippen LogP contribution >= 0.6 is 0 Å². The number of carboxylic acid groups (broad SMARTS) is 1. The molecule has 0 fully saturated rings. The minimum absolute atomic E-state index is 0.182. The number of aromatic nitrogens is 2. The standard InChI is InChI=1S/C14H18N4O2/c1-18(2)9-5-8-15-12-10-6-3-4-7-11(10)16-13(17-12)14(19)20/h3-4,6-7H,5,8-9H2,1-2H3,(H,19,20)(H,15,16,17). The molecule has 1 heterocycles. The average molecular weight is 274 g/mol. The number of carbonyl (C=O) groups is 1. The van der Waals surface area contributed by atoms with Crippen LogP contribution in [0.25, 0.3) is 10.9 Å². The van der Waals surface area contributed by atoms with Crippen LogP contribution in [0.5, 0.6) is 0 Å². The summed E-state index contributed by atoms with van der Waals surface area (Å²) < 4.78 is 0.